The monoisotopic (exact) mass is 300 g/mol. The summed E-state index contributed by atoms with van der Waals surface area (Å²) in [7, 11) is -0.684. The quantitative estimate of drug-likeness (QED) is 0.788. The van der Waals surface area contributed by atoms with Crippen molar-refractivity contribution < 1.29 is 18.1 Å². The minimum Gasteiger partial charge on any atom is -0.399 e. The van der Waals surface area contributed by atoms with Crippen LogP contribution in [0.1, 0.15) is 60.7 Å². The van der Waals surface area contributed by atoms with Gasteiger partial charge in [-0.2, -0.15) is 13.9 Å². The molecule has 0 unspecified atom stereocenters. The summed E-state index contributed by atoms with van der Waals surface area (Å²) in [6, 6.07) is 0. The van der Waals surface area contributed by atoms with Gasteiger partial charge in [-0.1, -0.05) is 20.8 Å². The normalized spacial score (nSPS) is 21.3. The predicted molar refractivity (Wildman–Crippen MR) is 77.9 cm³/mol. The van der Waals surface area contributed by atoms with E-state index in [-0.39, 0.29) is 5.41 Å². The van der Waals surface area contributed by atoms with E-state index in [1.807, 2.05) is 48.5 Å². The molecule has 0 aliphatic carbocycles. The van der Waals surface area contributed by atoms with Crippen molar-refractivity contribution in [3.8, 4) is 0 Å². The zero-order chi connectivity index (χ0) is 16.2. The van der Waals surface area contributed by atoms with Gasteiger partial charge in [0.15, 0.2) is 0 Å². The van der Waals surface area contributed by atoms with E-state index in [0.717, 1.165) is 0 Å². The number of halogens is 2. The first-order valence-electron chi connectivity index (χ1n) is 7.08. The number of hydrogen-bond donors (Lipinski definition) is 0. The van der Waals surface area contributed by atoms with E-state index in [1.54, 1.807) is 0 Å². The van der Waals surface area contributed by atoms with Gasteiger partial charge in [-0.25, -0.2) is 4.68 Å². The molecule has 2 rings (SSSR count). The molecule has 0 saturated carbocycles. The fourth-order valence-corrected chi connectivity index (χ4v) is 2.23. The smallest absolute Gasteiger partial charge is 0.399 e. The number of alkyl halides is 2. The van der Waals surface area contributed by atoms with Crippen molar-refractivity contribution in [3.05, 3.63) is 11.9 Å². The molecule has 0 spiro atoms. The van der Waals surface area contributed by atoms with E-state index in [1.165, 1.54) is 6.20 Å². The SMILES string of the molecule is CC(C)(C)c1nn(C(F)F)cc1B1OC(C)(C)C(C)(C)O1. The van der Waals surface area contributed by atoms with Gasteiger partial charge < -0.3 is 9.31 Å². The summed E-state index contributed by atoms with van der Waals surface area (Å²) < 4.78 is 38.5. The van der Waals surface area contributed by atoms with E-state index < -0.39 is 24.9 Å². The first-order chi connectivity index (χ1) is 9.35. The van der Waals surface area contributed by atoms with Crippen LogP contribution < -0.4 is 5.46 Å². The Morgan fingerprint density at radius 3 is 2.00 bits per heavy atom. The van der Waals surface area contributed by atoms with Crippen LogP contribution in [0.4, 0.5) is 8.78 Å². The fraction of sp³-hybridized carbons (Fsp3) is 0.786. The number of hydrogen-bond acceptors (Lipinski definition) is 3. The first-order valence-corrected chi connectivity index (χ1v) is 7.08. The number of rotatable bonds is 2. The molecule has 118 valence electrons. The fourth-order valence-electron chi connectivity index (χ4n) is 2.23. The van der Waals surface area contributed by atoms with E-state index in [0.29, 0.717) is 15.8 Å². The molecule has 0 N–H and O–H groups in total. The van der Waals surface area contributed by atoms with Crippen molar-refractivity contribution in [1.82, 2.24) is 9.78 Å². The van der Waals surface area contributed by atoms with E-state index in [2.05, 4.69) is 5.10 Å². The van der Waals surface area contributed by atoms with Crippen LogP contribution in [0.5, 0.6) is 0 Å². The molecule has 1 aliphatic rings. The number of nitrogens with zero attached hydrogens (tertiary/aromatic N) is 2. The van der Waals surface area contributed by atoms with Crippen molar-refractivity contribution in [1.29, 1.82) is 0 Å². The minimum absolute atomic E-state index is 0.376. The topological polar surface area (TPSA) is 36.3 Å². The van der Waals surface area contributed by atoms with E-state index >= 15 is 0 Å². The lowest BCUT2D eigenvalue weighted by molar-refractivity contribution is 0.00578. The lowest BCUT2D eigenvalue weighted by Gasteiger charge is -2.32. The summed E-state index contributed by atoms with van der Waals surface area (Å²) in [4.78, 5) is 0. The first kappa shape index (κ1) is 16.4. The van der Waals surface area contributed by atoms with Crippen LogP contribution in [0.2, 0.25) is 0 Å². The molecule has 1 fully saturated rings. The maximum atomic E-state index is 13.0. The van der Waals surface area contributed by atoms with Crippen LogP contribution in [0.25, 0.3) is 0 Å². The van der Waals surface area contributed by atoms with Crippen molar-refractivity contribution >= 4 is 12.6 Å². The molecule has 1 aliphatic heterocycles. The summed E-state index contributed by atoms with van der Waals surface area (Å²) in [5.41, 5.74) is -0.263. The Morgan fingerprint density at radius 2 is 1.62 bits per heavy atom. The third-order valence-corrected chi connectivity index (χ3v) is 4.18. The molecule has 1 aromatic rings. The summed E-state index contributed by atoms with van der Waals surface area (Å²) >= 11 is 0. The molecule has 2 heterocycles. The summed E-state index contributed by atoms with van der Waals surface area (Å²) in [6.45, 7) is 10.8. The zero-order valence-electron chi connectivity index (χ0n) is 13.7. The van der Waals surface area contributed by atoms with Gasteiger partial charge in [-0.05, 0) is 27.7 Å². The molecule has 1 aromatic heterocycles. The van der Waals surface area contributed by atoms with Crippen molar-refractivity contribution in [2.75, 3.05) is 0 Å². The second kappa shape index (κ2) is 4.78. The summed E-state index contributed by atoms with van der Waals surface area (Å²) in [6.07, 6.45) is 1.33. The highest BCUT2D eigenvalue weighted by Crippen LogP contribution is 2.37. The standard InChI is InChI=1S/C14H23BF2N2O2/c1-12(2,3)10-9(8-19(18-10)11(16)17)15-20-13(4,5)14(6,7)21-15/h8,11H,1-7H3. The van der Waals surface area contributed by atoms with E-state index in [4.69, 9.17) is 9.31 Å². The largest absolute Gasteiger partial charge is 0.498 e. The molecule has 4 nitrogen and oxygen atoms in total. The molecule has 1 saturated heterocycles. The Morgan fingerprint density at radius 1 is 1.14 bits per heavy atom. The predicted octanol–water partition coefficient (Wildman–Crippen LogP) is 2.87. The Labute approximate surface area is 124 Å². The molecular weight excluding hydrogens is 277 g/mol. The van der Waals surface area contributed by atoms with Crippen LogP contribution >= 0.6 is 0 Å². The average Bonchev–Trinajstić information content (AvgIpc) is 2.78. The third kappa shape index (κ3) is 2.86. The van der Waals surface area contributed by atoms with Crippen molar-refractivity contribution in [3.63, 3.8) is 0 Å². The van der Waals surface area contributed by atoms with Crippen molar-refractivity contribution in [2.24, 2.45) is 0 Å². The van der Waals surface area contributed by atoms with Gasteiger partial charge in [-0.15, -0.1) is 0 Å². The van der Waals surface area contributed by atoms with Gasteiger partial charge in [0.2, 0.25) is 0 Å². The molecule has 21 heavy (non-hydrogen) atoms. The molecular formula is C14H23BF2N2O2. The summed E-state index contributed by atoms with van der Waals surface area (Å²) in [5.74, 6) is 0. The van der Waals surface area contributed by atoms with Gasteiger partial charge in [0.05, 0.1) is 16.9 Å². The lowest BCUT2D eigenvalue weighted by Crippen LogP contribution is -2.41. The Hall–Kier alpha value is -0.945. The Balaban J connectivity index is 2.45. The van der Waals surface area contributed by atoms with Crippen LogP contribution in [0.15, 0.2) is 6.20 Å². The van der Waals surface area contributed by atoms with Gasteiger partial charge >= 0.3 is 13.7 Å². The third-order valence-electron chi connectivity index (χ3n) is 4.18. The second-order valence-corrected chi connectivity index (χ2v) is 7.53. The van der Waals surface area contributed by atoms with Crippen molar-refractivity contribution in [2.45, 2.75) is 71.6 Å². The Kier molecular flexibility index (Phi) is 3.74. The van der Waals surface area contributed by atoms with Crippen LogP contribution in [-0.2, 0) is 14.7 Å². The lowest BCUT2D eigenvalue weighted by atomic mass is 9.73. The molecule has 7 heteroatoms. The summed E-state index contributed by atoms with van der Waals surface area (Å²) in [5, 5.41) is 4.03. The van der Waals surface area contributed by atoms with Gasteiger partial charge in [0.25, 0.3) is 0 Å². The van der Waals surface area contributed by atoms with Gasteiger partial charge in [0.1, 0.15) is 0 Å². The number of aromatic nitrogens is 2. The highest BCUT2D eigenvalue weighted by atomic mass is 19.3. The van der Waals surface area contributed by atoms with Crippen LogP contribution in [0.3, 0.4) is 0 Å². The maximum absolute atomic E-state index is 13.0. The van der Waals surface area contributed by atoms with Crippen LogP contribution in [0, 0.1) is 0 Å². The average molecular weight is 300 g/mol. The highest BCUT2D eigenvalue weighted by molar-refractivity contribution is 6.62. The minimum atomic E-state index is -2.68. The van der Waals surface area contributed by atoms with E-state index in [9.17, 15) is 8.78 Å². The van der Waals surface area contributed by atoms with Crippen LogP contribution in [-0.4, -0.2) is 28.1 Å². The molecule has 0 radical (unpaired) electrons. The van der Waals surface area contributed by atoms with Gasteiger partial charge in [-0.3, -0.25) is 0 Å². The maximum Gasteiger partial charge on any atom is 0.498 e. The van der Waals surface area contributed by atoms with Gasteiger partial charge in [0, 0.05) is 17.1 Å². The highest BCUT2D eigenvalue weighted by Gasteiger charge is 2.53. The second-order valence-electron chi connectivity index (χ2n) is 7.53. The molecule has 0 aromatic carbocycles. The molecule has 0 atom stereocenters. The molecule has 0 bridgehead atoms. The molecule has 0 amide bonds. The Bertz CT molecular complexity index is 520. The zero-order valence-corrected chi connectivity index (χ0v) is 13.7.